The number of nitrogens with zero attached hydrogens (tertiary/aromatic N) is 4. The molecular formula is C18H24N4O3. The van der Waals surface area contributed by atoms with E-state index in [1.807, 2.05) is 57.3 Å². The Morgan fingerprint density at radius 1 is 1.28 bits per heavy atom. The molecule has 134 valence electrons. The van der Waals surface area contributed by atoms with Gasteiger partial charge in [0.15, 0.2) is 0 Å². The summed E-state index contributed by atoms with van der Waals surface area (Å²) in [6, 6.07) is 9.97. The summed E-state index contributed by atoms with van der Waals surface area (Å²) in [7, 11) is 0. The Hall–Kier alpha value is -2.41. The number of β-amino-alcohol motifs (C(OH)–C–C–N with tert-alkyl or cyclic N) is 1. The number of hydrogen-bond donors (Lipinski definition) is 1. The van der Waals surface area contributed by atoms with Crippen LogP contribution in [0.3, 0.4) is 0 Å². The number of carbonyl (C=O) groups is 1. The molecule has 0 unspecified atom stereocenters. The van der Waals surface area contributed by atoms with E-state index in [9.17, 15) is 9.90 Å². The monoisotopic (exact) mass is 344 g/mol. The van der Waals surface area contributed by atoms with Crippen molar-refractivity contribution < 1.29 is 14.6 Å². The van der Waals surface area contributed by atoms with Crippen molar-refractivity contribution in [2.45, 2.75) is 44.9 Å². The van der Waals surface area contributed by atoms with Gasteiger partial charge in [0.05, 0.1) is 30.8 Å². The molecule has 1 N–H and O–H groups in total. The number of ether oxygens (including phenoxy) is 1. The van der Waals surface area contributed by atoms with E-state index in [2.05, 4.69) is 10.3 Å². The van der Waals surface area contributed by atoms with Crippen LogP contribution >= 0.6 is 0 Å². The van der Waals surface area contributed by atoms with Gasteiger partial charge in [-0.15, -0.1) is 5.10 Å². The Kier molecular flexibility index (Phi) is 4.76. The van der Waals surface area contributed by atoms with Crippen molar-refractivity contribution >= 4 is 6.09 Å². The van der Waals surface area contributed by atoms with Gasteiger partial charge in [0, 0.05) is 12.7 Å². The molecule has 7 heteroatoms. The molecule has 1 aromatic heterocycles. The number of rotatable bonds is 3. The maximum Gasteiger partial charge on any atom is 0.410 e. The molecular weight excluding hydrogens is 320 g/mol. The fourth-order valence-electron chi connectivity index (χ4n) is 2.88. The molecule has 0 aliphatic carbocycles. The first-order valence-corrected chi connectivity index (χ1v) is 8.42. The van der Waals surface area contributed by atoms with E-state index in [4.69, 9.17) is 4.74 Å². The minimum Gasteiger partial charge on any atom is -0.444 e. The van der Waals surface area contributed by atoms with Gasteiger partial charge < -0.3 is 14.7 Å². The summed E-state index contributed by atoms with van der Waals surface area (Å²) >= 11 is 0. The lowest BCUT2D eigenvalue weighted by atomic mass is 10.0. The van der Waals surface area contributed by atoms with Crippen LogP contribution in [0.4, 0.5) is 4.79 Å². The van der Waals surface area contributed by atoms with Crippen LogP contribution in [0, 0.1) is 0 Å². The molecule has 25 heavy (non-hydrogen) atoms. The van der Waals surface area contributed by atoms with E-state index >= 15 is 0 Å². The molecule has 0 spiro atoms. The van der Waals surface area contributed by atoms with Crippen molar-refractivity contribution in [3.63, 3.8) is 0 Å². The molecule has 2 atom stereocenters. The number of carbonyl (C=O) groups excluding carboxylic acids is 1. The first-order chi connectivity index (χ1) is 11.8. The van der Waals surface area contributed by atoms with E-state index in [-0.39, 0.29) is 12.5 Å². The van der Waals surface area contributed by atoms with Gasteiger partial charge in [0.25, 0.3) is 0 Å². The van der Waals surface area contributed by atoms with Gasteiger partial charge in [-0.2, -0.15) is 0 Å². The standard InChI is InChI=1S/C18H24N4O3/c1-18(2,3)25-17(24)21-10-14(16(23)12-21)15-11-22(20-19-15)9-13-7-5-4-6-8-13/h4-8,11,14,16,23H,9-10,12H2,1-3H3/t14-,16+/m0/s1. The van der Waals surface area contributed by atoms with Gasteiger partial charge in [-0.05, 0) is 26.3 Å². The Balaban J connectivity index is 1.65. The molecule has 7 nitrogen and oxygen atoms in total. The highest BCUT2D eigenvalue weighted by atomic mass is 16.6. The van der Waals surface area contributed by atoms with Gasteiger partial charge >= 0.3 is 6.09 Å². The maximum absolute atomic E-state index is 12.2. The highest BCUT2D eigenvalue weighted by Gasteiger charge is 2.38. The van der Waals surface area contributed by atoms with E-state index in [0.717, 1.165) is 5.56 Å². The third-order valence-corrected chi connectivity index (χ3v) is 4.06. The predicted octanol–water partition coefficient (Wildman–Crippen LogP) is 2.02. The zero-order valence-electron chi connectivity index (χ0n) is 14.8. The van der Waals surface area contributed by atoms with E-state index in [1.165, 1.54) is 4.90 Å². The van der Waals surface area contributed by atoms with E-state index in [0.29, 0.717) is 18.8 Å². The van der Waals surface area contributed by atoms with Gasteiger partial charge in [-0.3, -0.25) is 0 Å². The number of amides is 1. The molecule has 0 radical (unpaired) electrons. The molecule has 1 aromatic carbocycles. The number of hydrogen-bond acceptors (Lipinski definition) is 5. The molecule has 3 rings (SSSR count). The zero-order chi connectivity index (χ0) is 18.0. The maximum atomic E-state index is 12.2. The van der Waals surface area contributed by atoms with Crippen molar-refractivity contribution in [2.24, 2.45) is 0 Å². The van der Waals surface area contributed by atoms with Crippen LogP contribution in [0.1, 0.15) is 37.9 Å². The smallest absolute Gasteiger partial charge is 0.410 e. The largest absolute Gasteiger partial charge is 0.444 e. The van der Waals surface area contributed by atoms with Crippen molar-refractivity contribution in [1.82, 2.24) is 19.9 Å². The molecule has 0 saturated carbocycles. The highest BCUT2D eigenvalue weighted by Crippen LogP contribution is 2.27. The Labute approximate surface area is 147 Å². The lowest BCUT2D eigenvalue weighted by Gasteiger charge is -2.24. The molecule has 1 aliphatic heterocycles. The van der Waals surface area contributed by atoms with Crippen LogP contribution in [0.25, 0.3) is 0 Å². The summed E-state index contributed by atoms with van der Waals surface area (Å²) in [5.41, 5.74) is 1.26. The predicted molar refractivity (Wildman–Crippen MR) is 92.1 cm³/mol. The molecule has 1 amide bonds. The summed E-state index contributed by atoms with van der Waals surface area (Å²) in [4.78, 5) is 13.7. The van der Waals surface area contributed by atoms with Crippen LogP contribution in [0.2, 0.25) is 0 Å². The molecule has 1 aliphatic rings. The third-order valence-electron chi connectivity index (χ3n) is 4.06. The summed E-state index contributed by atoms with van der Waals surface area (Å²) < 4.78 is 7.12. The summed E-state index contributed by atoms with van der Waals surface area (Å²) in [5.74, 6) is -0.253. The van der Waals surface area contributed by atoms with Crippen LogP contribution < -0.4 is 0 Å². The number of benzene rings is 1. The van der Waals surface area contributed by atoms with Crippen LogP contribution in [-0.4, -0.2) is 55.9 Å². The summed E-state index contributed by atoms with van der Waals surface area (Å²) in [5, 5.41) is 18.7. The fourth-order valence-corrected chi connectivity index (χ4v) is 2.88. The minimum atomic E-state index is -0.672. The van der Waals surface area contributed by atoms with E-state index in [1.54, 1.807) is 4.68 Å². The van der Waals surface area contributed by atoms with Gasteiger partial charge in [0.2, 0.25) is 0 Å². The van der Waals surface area contributed by atoms with Crippen molar-refractivity contribution in [3.8, 4) is 0 Å². The van der Waals surface area contributed by atoms with E-state index < -0.39 is 17.8 Å². The highest BCUT2D eigenvalue weighted by molar-refractivity contribution is 5.68. The number of aliphatic hydroxyl groups excluding tert-OH is 1. The average molecular weight is 344 g/mol. The molecule has 2 heterocycles. The fraction of sp³-hybridized carbons (Fsp3) is 0.500. The number of aliphatic hydroxyl groups is 1. The van der Waals surface area contributed by atoms with Gasteiger partial charge in [-0.1, -0.05) is 35.5 Å². The molecule has 0 bridgehead atoms. The number of aromatic nitrogens is 3. The second kappa shape index (κ2) is 6.84. The van der Waals surface area contributed by atoms with Crippen molar-refractivity contribution in [2.75, 3.05) is 13.1 Å². The van der Waals surface area contributed by atoms with Crippen molar-refractivity contribution in [1.29, 1.82) is 0 Å². The summed E-state index contributed by atoms with van der Waals surface area (Å²) in [6.07, 6.45) is 0.750. The second-order valence-electron chi connectivity index (χ2n) is 7.39. The molecule has 1 saturated heterocycles. The Bertz CT molecular complexity index is 723. The lowest BCUT2D eigenvalue weighted by Crippen LogP contribution is -2.35. The first kappa shape index (κ1) is 17.4. The molecule has 1 fully saturated rings. The summed E-state index contributed by atoms with van der Waals surface area (Å²) in [6.45, 7) is 6.70. The first-order valence-electron chi connectivity index (χ1n) is 8.42. The minimum absolute atomic E-state index is 0.241. The third kappa shape index (κ3) is 4.36. The average Bonchev–Trinajstić information content (AvgIpc) is 3.13. The van der Waals surface area contributed by atoms with Crippen LogP contribution in [0.15, 0.2) is 36.5 Å². The zero-order valence-corrected chi connectivity index (χ0v) is 14.8. The Morgan fingerprint density at radius 3 is 2.68 bits per heavy atom. The van der Waals surface area contributed by atoms with Crippen LogP contribution in [0.5, 0.6) is 0 Å². The normalized spacial score (nSPS) is 20.7. The van der Waals surface area contributed by atoms with Gasteiger partial charge in [0.1, 0.15) is 5.60 Å². The quantitative estimate of drug-likeness (QED) is 0.921. The Morgan fingerprint density at radius 2 is 2.00 bits per heavy atom. The topological polar surface area (TPSA) is 80.5 Å². The van der Waals surface area contributed by atoms with Crippen molar-refractivity contribution in [3.05, 3.63) is 47.8 Å². The molecule has 2 aromatic rings. The van der Waals surface area contributed by atoms with Gasteiger partial charge in [-0.25, -0.2) is 9.48 Å². The van der Waals surface area contributed by atoms with Crippen LogP contribution in [-0.2, 0) is 11.3 Å². The number of likely N-dealkylation sites (tertiary alicyclic amines) is 1. The second-order valence-corrected chi connectivity index (χ2v) is 7.39. The lowest BCUT2D eigenvalue weighted by molar-refractivity contribution is 0.0270. The SMILES string of the molecule is CC(C)(C)OC(=O)N1C[C@@H](O)[C@H](c2cn(Cc3ccccc3)nn2)C1.